The maximum absolute atomic E-state index is 5.62. The molecule has 132 valence electrons. The lowest BCUT2D eigenvalue weighted by atomic mass is 9.87. The van der Waals surface area contributed by atoms with Crippen LogP contribution < -0.4 is 5.32 Å². The molecule has 0 amide bonds. The van der Waals surface area contributed by atoms with Gasteiger partial charge in [0.1, 0.15) is 6.33 Å². The molecule has 1 aromatic carbocycles. The molecule has 7 nitrogen and oxygen atoms in total. The summed E-state index contributed by atoms with van der Waals surface area (Å²) in [4.78, 5) is 11.0. The van der Waals surface area contributed by atoms with E-state index in [1.165, 1.54) is 24.7 Å². The minimum Gasteiger partial charge on any atom is -0.381 e. The SMILES string of the molecule is CN=C(NCc1cccc(-c2ncn[nH]2)c1)N1CCC2(CCOC2)C1. The van der Waals surface area contributed by atoms with Crippen LogP contribution in [0.1, 0.15) is 18.4 Å². The fourth-order valence-electron chi connectivity index (χ4n) is 3.77. The van der Waals surface area contributed by atoms with E-state index >= 15 is 0 Å². The molecule has 2 N–H and O–H groups in total. The van der Waals surface area contributed by atoms with Gasteiger partial charge >= 0.3 is 0 Å². The molecule has 1 aromatic heterocycles. The number of ether oxygens (including phenoxy) is 1. The Morgan fingerprint density at radius 1 is 1.44 bits per heavy atom. The van der Waals surface area contributed by atoms with Crippen LogP contribution in [0.4, 0.5) is 0 Å². The Bertz CT molecular complexity index is 736. The van der Waals surface area contributed by atoms with Crippen molar-refractivity contribution >= 4 is 5.96 Å². The third-order valence-electron chi connectivity index (χ3n) is 5.20. The number of hydrogen-bond donors (Lipinski definition) is 2. The van der Waals surface area contributed by atoms with Gasteiger partial charge < -0.3 is 15.0 Å². The van der Waals surface area contributed by atoms with Crippen molar-refractivity contribution < 1.29 is 4.74 Å². The summed E-state index contributed by atoms with van der Waals surface area (Å²) < 4.78 is 5.62. The first-order valence-corrected chi connectivity index (χ1v) is 8.76. The topological polar surface area (TPSA) is 78.4 Å². The predicted molar refractivity (Wildman–Crippen MR) is 96.1 cm³/mol. The Morgan fingerprint density at radius 2 is 2.40 bits per heavy atom. The standard InChI is InChI=1S/C18H24N6O/c1-19-17(24-7-5-18(11-24)6-8-25-12-18)20-10-14-3-2-4-15(9-14)16-21-13-22-23-16/h2-4,9,13H,5-8,10-12H2,1H3,(H,19,20)(H,21,22,23). The van der Waals surface area contributed by atoms with Crippen LogP contribution in [-0.4, -0.2) is 59.4 Å². The van der Waals surface area contributed by atoms with Crippen molar-refractivity contribution in [3.63, 3.8) is 0 Å². The molecule has 2 saturated heterocycles. The van der Waals surface area contributed by atoms with Crippen LogP contribution in [0.5, 0.6) is 0 Å². The number of nitrogens with one attached hydrogen (secondary N) is 2. The first-order chi connectivity index (χ1) is 12.3. The molecule has 25 heavy (non-hydrogen) atoms. The average molecular weight is 340 g/mol. The molecule has 7 heteroatoms. The van der Waals surface area contributed by atoms with Crippen molar-refractivity contribution in [3.8, 4) is 11.4 Å². The van der Waals surface area contributed by atoms with E-state index < -0.39 is 0 Å². The van der Waals surface area contributed by atoms with Crippen LogP contribution in [0.15, 0.2) is 35.6 Å². The second-order valence-electron chi connectivity index (χ2n) is 6.91. The molecule has 1 spiro atoms. The zero-order valence-corrected chi connectivity index (χ0v) is 14.5. The van der Waals surface area contributed by atoms with Crippen molar-refractivity contribution in [3.05, 3.63) is 36.2 Å². The molecule has 0 radical (unpaired) electrons. The number of likely N-dealkylation sites (tertiary alicyclic amines) is 1. The number of aromatic amines is 1. The minimum atomic E-state index is 0.337. The smallest absolute Gasteiger partial charge is 0.193 e. The third-order valence-corrected chi connectivity index (χ3v) is 5.20. The van der Waals surface area contributed by atoms with Crippen molar-refractivity contribution in [1.29, 1.82) is 0 Å². The van der Waals surface area contributed by atoms with Crippen molar-refractivity contribution in [2.75, 3.05) is 33.4 Å². The highest BCUT2D eigenvalue weighted by Crippen LogP contribution is 2.38. The van der Waals surface area contributed by atoms with E-state index in [4.69, 9.17) is 4.74 Å². The Balaban J connectivity index is 1.39. The fourth-order valence-corrected chi connectivity index (χ4v) is 3.77. The van der Waals surface area contributed by atoms with E-state index in [0.717, 1.165) is 50.2 Å². The molecule has 0 bridgehead atoms. The molecule has 2 fully saturated rings. The van der Waals surface area contributed by atoms with Gasteiger partial charge in [0.15, 0.2) is 11.8 Å². The summed E-state index contributed by atoms with van der Waals surface area (Å²) in [5.41, 5.74) is 2.56. The van der Waals surface area contributed by atoms with E-state index in [1.54, 1.807) is 0 Å². The number of nitrogens with zero attached hydrogens (tertiary/aromatic N) is 4. The molecule has 1 atom stereocenters. The van der Waals surface area contributed by atoms with Crippen LogP contribution in [0.3, 0.4) is 0 Å². The van der Waals surface area contributed by atoms with Crippen LogP contribution in [0.25, 0.3) is 11.4 Å². The summed E-state index contributed by atoms with van der Waals surface area (Å²) in [6, 6.07) is 8.30. The number of hydrogen-bond acceptors (Lipinski definition) is 4. The Hall–Kier alpha value is -2.41. The highest BCUT2D eigenvalue weighted by atomic mass is 16.5. The molecular formula is C18H24N6O. The van der Waals surface area contributed by atoms with Crippen molar-refractivity contribution in [1.82, 2.24) is 25.4 Å². The lowest BCUT2D eigenvalue weighted by molar-refractivity contribution is 0.156. The van der Waals surface area contributed by atoms with Gasteiger partial charge in [-0.05, 0) is 24.5 Å². The number of guanidine groups is 1. The first-order valence-electron chi connectivity index (χ1n) is 8.76. The molecular weight excluding hydrogens is 316 g/mol. The van der Waals surface area contributed by atoms with E-state index in [9.17, 15) is 0 Å². The summed E-state index contributed by atoms with van der Waals surface area (Å²) in [6.45, 7) is 4.59. The maximum Gasteiger partial charge on any atom is 0.193 e. The molecule has 1 unspecified atom stereocenters. The van der Waals surface area contributed by atoms with Gasteiger partial charge in [0.2, 0.25) is 0 Å². The summed E-state index contributed by atoms with van der Waals surface area (Å²) in [6.07, 6.45) is 3.88. The number of aromatic nitrogens is 3. The number of benzene rings is 1. The van der Waals surface area contributed by atoms with Crippen molar-refractivity contribution in [2.24, 2.45) is 10.4 Å². The molecule has 2 aliphatic heterocycles. The molecule has 3 heterocycles. The fraction of sp³-hybridized carbons (Fsp3) is 0.500. The minimum absolute atomic E-state index is 0.337. The second kappa shape index (κ2) is 6.84. The lowest BCUT2D eigenvalue weighted by Gasteiger charge is -2.25. The van der Waals surface area contributed by atoms with Gasteiger partial charge in [-0.2, -0.15) is 5.10 Å². The van der Waals surface area contributed by atoms with Crippen LogP contribution in [0, 0.1) is 5.41 Å². The van der Waals surface area contributed by atoms with Gasteiger partial charge in [0.05, 0.1) is 6.61 Å². The largest absolute Gasteiger partial charge is 0.381 e. The van der Waals surface area contributed by atoms with Crippen LogP contribution >= 0.6 is 0 Å². The molecule has 0 aliphatic carbocycles. The maximum atomic E-state index is 5.62. The van der Waals surface area contributed by atoms with E-state index in [1.807, 2.05) is 19.2 Å². The predicted octanol–water partition coefficient (Wildman–Crippen LogP) is 1.66. The lowest BCUT2D eigenvalue weighted by Crippen LogP contribution is -2.41. The Kier molecular flexibility index (Phi) is 4.40. The van der Waals surface area contributed by atoms with E-state index in [0.29, 0.717) is 5.41 Å². The van der Waals surface area contributed by atoms with Gasteiger partial charge in [0.25, 0.3) is 0 Å². The first kappa shape index (κ1) is 16.1. The monoisotopic (exact) mass is 340 g/mol. The number of H-pyrrole nitrogens is 1. The summed E-state index contributed by atoms with van der Waals surface area (Å²) >= 11 is 0. The summed E-state index contributed by atoms with van der Waals surface area (Å²) in [7, 11) is 1.85. The highest BCUT2D eigenvalue weighted by Gasteiger charge is 2.42. The van der Waals surface area contributed by atoms with Gasteiger partial charge in [-0.3, -0.25) is 10.1 Å². The summed E-state index contributed by atoms with van der Waals surface area (Å²) in [5.74, 6) is 1.75. The van der Waals surface area contributed by atoms with Gasteiger partial charge in [-0.15, -0.1) is 0 Å². The highest BCUT2D eigenvalue weighted by molar-refractivity contribution is 5.80. The Labute approximate surface area is 147 Å². The molecule has 4 rings (SSSR count). The van der Waals surface area contributed by atoms with Gasteiger partial charge in [-0.1, -0.05) is 18.2 Å². The normalized spacial score (nSPS) is 23.6. The molecule has 2 aliphatic rings. The average Bonchev–Trinajstić information content (AvgIpc) is 3.40. The van der Waals surface area contributed by atoms with E-state index in [2.05, 4.69) is 42.5 Å². The third kappa shape index (κ3) is 3.37. The molecule has 0 saturated carbocycles. The van der Waals surface area contributed by atoms with Gasteiger partial charge in [0, 0.05) is 44.3 Å². The zero-order chi connectivity index (χ0) is 17.1. The van der Waals surface area contributed by atoms with Crippen LogP contribution in [0.2, 0.25) is 0 Å². The van der Waals surface area contributed by atoms with Crippen molar-refractivity contribution in [2.45, 2.75) is 19.4 Å². The zero-order valence-electron chi connectivity index (χ0n) is 14.5. The van der Waals surface area contributed by atoms with Gasteiger partial charge in [-0.25, -0.2) is 4.98 Å². The Morgan fingerprint density at radius 3 is 3.16 bits per heavy atom. The van der Waals surface area contributed by atoms with E-state index in [-0.39, 0.29) is 0 Å². The summed E-state index contributed by atoms with van der Waals surface area (Å²) in [5, 5.41) is 10.3. The number of aliphatic imine (C=N–C) groups is 1. The second-order valence-corrected chi connectivity index (χ2v) is 6.91. The quantitative estimate of drug-likeness (QED) is 0.656. The van der Waals surface area contributed by atoms with Crippen LogP contribution in [-0.2, 0) is 11.3 Å². The number of rotatable bonds is 3. The molecule has 2 aromatic rings.